The van der Waals surface area contributed by atoms with Gasteiger partial charge in [0.2, 0.25) is 17.7 Å². The van der Waals surface area contributed by atoms with Crippen molar-refractivity contribution >= 4 is 63.8 Å². The molecule has 3 aromatic rings. The number of ether oxygens (including phenoxy) is 4. The quantitative estimate of drug-likeness (QED) is 0.0320. The highest BCUT2D eigenvalue weighted by Gasteiger charge is 2.45. The number of amides is 5. The van der Waals surface area contributed by atoms with Crippen molar-refractivity contribution in [1.29, 1.82) is 0 Å². The van der Waals surface area contributed by atoms with Crippen molar-refractivity contribution in [3.8, 4) is 11.4 Å². The second-order valence-electron chi connectivity index (χ2n) is 19.3. The SMILES string of the molecule is CC[C@@]1(O)C(=O)OCc2c1cc1n(c2=O)Cc2c-1nc1cc(F)c(C)cc1c2CNC(=O)COCCC(=O)[C@H](CCC(N)=O)NC(=O)[C@@H](CC(=O)CCOCCOCCCC(=O)CCN1C(=O)C=CC1=O)CC(C)C. The van der Waals surface area contributed by atoms with Gasteiger partial charge >= 0.3 is 5.97 Å². The van der Waals surface area contributed by atoms with Crippen LogP contribution >= 0.6 is 0 Å². The van der Waals surface area contributed by atoms with Gasteiger partial charge < -0.3 is 45.0 Å². The molecular weight excluding hydrogens is 980 g/mol. The molecule has 6 rings (SSSR count). The maximum absolute atomic E-state index is 14.9. The number of imide groups is 1. The Morgan fingerprint density at radius 1 is 0.893 bits per heavy atom. The largest absolute Gasteiger partial charge is 0.458 e. The monoisotopic (exact) mass is 1040 g/mol. The zero-order chi connectivity index (χ0) is 54.6. The first kappa shape index (κ1) is 57.4. The van der Waals surface area contributed by atoms with Gasteiger partial charge in [0.05, 0.1) is 61.5 Å². The first-order valence-corrected chi connectivity index (χ1v) is 25.2. The number of pyridine rings is 2. The third-order valence-corrected chi connectivity index (χ3v) is 13.4. The van der Waals surface area contributed by atoms with E-state index >= 15 is 0 Å². The number of esters is 1. The molecule has 21 nitrogen and oxygen atoms in total. The second-order valence-corrected chi connectivity index (χ2v) is 19.3. The van der Waals surface area contributed by atoms with Crippen molar-refractivity contribution in [2.45, 2.75) is 123 Å². The van der Waals surface area contributed by atoms with Gasteiger partial charge in [-0.05, 0) is 61.8 Å². The molecule has 1 aromatic carbocycles. The van der Waals surface area contributed by atoms with Gasteiger partial charge in [-0.2, -0.15) is 0 Å². The third kappa shape index (κ3) is 14.5. The van der Waals surface area contributed by atoms with E-state index in [2.05, 4.69) is 10.6 Å². The van der Waals surface area contributed by atoms with Crippen LogP contribution in [0.3, 0.4) is 0 Å². The molecule has 0 radical (unpaired) electrons. The van der Waals surface area contributed by atoms with Crippen LogP contribution in [0.25, 0.3) is 22.3 Å². The minimum atomic E-state index is -2.06. The summed E-state index contributed by atoms with van der Waals surface area (Å²) in [5, 5.41) is 17.3. The number of nitrogens with two attached hydrogens (primary N) is 1. The van der Waals surface area contributed by atoms with Gasteiger partial charge in [0, 0.05) is 98.9 Å². The van der Waals surface area contributed by atoms with Crippen LogP contribution in [0.2, 0.25) is 0 Å². The van der Waals surface area contributed by atoms with Crippen molar-refractivity contribution in [2.24, 2.45) is 17.6 Å². The van der Waals surface area contributed by atoms with Crippen LogP contribution in [0.4, 0.5) is 4.39 Å². The molecule has 5 N–H and O–H groups in total. The Morgan fingerprint density at radius 3 is 2.29 bits per heavy atom. The van der Waals surface area contributed by atoms with E-state index in [1.165, 1.54) is 28.9 Å². The average Bonchev–Trinajstić information content (AvgIpc) is 3.90. The van der Waals surface area contributed by atoms with E-state index in [4.69, 9.17) is 29.7 Å². The summed E-state index contributed by atoms with van der Waals surface area (Å²) in [4.78, 5) is 133. The second kappa shape index (κ2) is 26.1. The molecule has 75 heavy (non-hydrogen) atoms. The Balaban J connectivity index is 0.962. The van der Waals surface area contributed by atoms with Crippen LogP contribution < -0.4 is 21.9 Å². The lowest BCUT2D eigenvalue weighted by Crippen LogP contribution is -2.45. The first-order valence-electron chi connectivity index (χ1n) is 25.2. The average molecular weight is 1050 g/mol. The summed E-state index contributed by atoms with van der Waals surface area (Å²) in [6, 6.07) is 3.25. The molecular formula is C53H65FN6O15. The number of hydrogen-bond acceptors (Lipinski definition) is 16. The maximum Gasteiger partial charge on any atom is 0.343 e. The van der Waals surface area contributed by atoms with E-state index in [0.717, 1.165) is 4.90 Å². The molecule has 0 unspecified atom stereocenters. The van der Waals surface area contributed by atoms with Crippen LogP contribution in [0, 0.1) is 24.6 Å². The van der Waals surface area contributed by atoms with Gasteiger partial charge in [0.15, 0.2) is 11.4 Å². The number of aliphatic hydroxyl groups is 1. The number of ketones is 3. The molecule has 0 fully saturated rings. The van der Waals surface area contributed by atoms with Crippen LogP contribution in [-0.4, -0.2) is 125 Å². The molecule has 0 spiro atoms. The number of primary amides is 1. The van der Waals surface area contributed by atoms with E-state index in [0.29, 0.717) is 46.3 Å². The molecule has 404 valence electrons. The molecule has 2 aromatic heterocycles. The lowest BCUT2D eigenvalue weighted by Gasteiger charge is -2.31. The lowest BCUT2D eigenvalue weighted by molar-refractivity contribution is -0.172. The summed E-state index contributed by atoms with van der Waals surface area (Å²) < 4.78 is 38.2. The number of aryl methyl sites for hydroxylation is 1. The van der Waals surface area contributed by atoms with E-state index in [1.807, 2.05) is 13.8 Å². The number of nitrogens with zero attached hydrogens (tertiary/aromatic N) is 3. The molecule has 3 aliphatic rings. The van der Waals surface area contributed by atoms with Gasteiger partial charge in [-0.1, -0.05) is 20.8 Å². The standard InChI is InChI=1S/C53H65FN6O15/c1-5-53(71)39-24-43-49-37(27-60(43)51(69)38(39)28-75-52(53)70)36(35-22-31(4)40(54)25-42(35)57-49)26-56-46(65)29-74-18-14-44(63)41(8-9-45(55)64)58-50(68)32(21-30(2)3)23-34(62)13-17-73-20-19-72-16-6-7-33(61)12-15-59-47(66)10-11-48(59)67/h10-11,22,24-25,30,32,41,71H,5-9,12-21,23,26-29H2,1-4H3,(H2,55,64)(H,56,65)(H,58,68)/t32-,41+,53+/m1/s1. The van der Waals surface area contributed by atoms with E-state index in [1.54, 1.807) is 19.9 Å². The van der Waals surface area contributed by atoms with Crippen LogP contribution in [0.5, 0.6) is 0 Å². The summed E-state index contributed by atoms with van der Waals surface area (Å²) in [6.45, 7) is 6.65. The Hall–Kier alpha value is -6.88. The maximum atomic E-state index is 14.9. The molecule has 5 heterocycles. The van der Waals surface area contributed by atoms with Crippen molar-refractivity contribution < 1.29 is 71.6 Å². The number of nitrogens with one attached hydrogen (secondary N) is 2. The number of rotatable bonds is 31. The number of carbonyl (C=O) groups excluding carboxylic acids is 9. The van der Waals surface area contributed by atoms with Gasteiger partial charge in [-0.3, -0.25) is 48.1 Å². The highest BCUT2D eigenvalue weighted by atomic mass is 19.1. The summed E-state index contributed by atoms with van der Waals surface area (Å²) in [5.41, 5.74) is 5.39. The molecule has 22 heteroatoms. The van der Waals surface area contributed by atoms with E-state index in [-0.39, 0.29) is 145 Å². The Kier molecular flexibility index (Phi) is 19.9. The summed E-state index contributed by atoms with van der Waals surface area (Å²) >= 11 is 0. The van der Waals surface area contributed by atoms with Crippen molar-refractivity contribution in [3.63, 3.8) is 0 Å². The number of halogens is 1. The fourth-order valence-electron chi connectivity index (χ4n) is 9.25. The normalized spacial score (nSPS) is 16.4. The predicted octanol–water partition coefficient (Wildman–Crippen LogP) is 2.58. The molecule has 5 amide bonds. The minimum Gasteiger partial charge on any atom is -0.458 e. The molecule has 0 saturated heterocycles. The predicted molar refractivity (Wildman–Crippen MR) is 265 cm³/mol. The van der Waals surface area contributed by atoms with Gasteiger partial charge in [0.1, 0.15) is 30.6 Å². The fraction of sp³-hybridized carbons (Fsp3) is 0.528. The number of benzene rings is 1. The molecule has 3 aliphatic heterocycles. The van der Waals surface area contributed by atoms with E-state index < -0.39 is 76.8 Å². The first-order chi connectivity index (χ1) is 35.7. The van der Waals surface area contributed by atoms with Crippen molar-refractivity contribution in [2.75, 3.05) is 46.2 Å². The minimum absolute atomic E-state index is 0.0100. The van der Waals surface area contributed by atoms with Gasteiger partial charge in [-0.25, -0.2) is 14.2 Å². The Morgan fingerprint density at radius 2 is 1.60 bits per heavy atom. The zero-order valence-electron chi connectivity index (χ0n) is 42.7. The number of Topliss-reactive ketones (excluding diaryl/α,β-unsaturated/α-hetero) is 3. The number of cyclic esters (lactones) is 1. The van der Waals surface area contributed by atoms with Gasteiger partial charge in [0.25, 0.3) is 17.4 Å². The number of carbonyl (C=O) groups is 9. The Labute approximate surface area is 432 Å². The number of hydrogen-bond donors (Lipinski definition) is 4. The van der Waals surface area contributed by atoms with Crippen molar-refractivity contribution in [1.82, 2.24) is 25.1 Å². The highest BCUT2D eigenvalue weighted by molar-refractivity contribution is 6.13. The number of aromatic nitrogens is 2. The molecule has 0 saturated carbocycles. The molecule has 0 aliphatic carbocycles. The van der Waals surface area contributed by atoms with Crippen LogP contribution in [-0.2, 0) is 87.4 Å². The lowest BCUT2D eigenvalue weighted by atomic mass is 9.86. The Bertz CT molecular complexity index is 2810. The summed E-state index contributed by atoms with van der Waals surface area (Å²) in [6.07, 6.45) is 2.69. The summed E-state index contributed by atoms with van der Waals surface area (Å²) in [5.74, 6) is -5.68. The zero-order valence-corrected chi connectivity index (χ0v) is 42.7. The smallest absolute Gasteiger partial charge is 0.343 e. The summed E-state index contributed by atoms with van der Waals surface area (Å²) in [7, 11) is 0. The topological polar surface area (TPSA) is 299 Å². The van der Waals surface area contributed by atoms with E-state index in [9.17, 15) is 57.4 Å². The molecule has 3 atom stereocenters. The molecule has 0 bridgehead atoms. The third-order valence-electron chi connectivity index (χ3n) is 13.4. The van der Waals surface area contributed by atoms with Crippen LogP contribution in [0.1, 0.15) is 113 Å². The number of fused-ring (bicyclic) bond motifs is 5. The van der Waals surface area contributed by atoms with Crippen molar-refractivity contribution in [3.05, 3.63) is 74.3 Å². The van der Waals surface area contributed by atoms with Gasteiger partial charge in [-0.15, -0.1) is 0 Å². The van der Waals surface area contributed by atoms with Crippen LogP contribution in [0.15, 0.2) is 35.1 Å². The fourth-order valence-corrected chi connectivity index (χ4v) is 9.25. The highest BCUT2D eigenvalue weighted by Crippen LogP contribution is 2.40.